The lowest BCUT2D eigenvalue weighted by molar-refractivity contribution is -0.0124. The summed E-state index contributed by atoms with van der Waals surface area (Å²) in [5.74, 6) is 1.45. The van der Waals surface area contributed by atoms with Crippen LogP contribution in [0.1, 0.15) is 37.6 Å². The van der Waals surface area contributed by atoms with Gasteiger partial charge in [-0.15, -0.1) is 0 Å². The number of hydrogen-bond acceptors (Lipinski definition) is 4. The van der Waals surface area contributed by atoms with Crippen molar-refractivity contribution >= 4 is 17.5 Å². The molecule has 0 N–H and O–H groups in total. The van der Waals surface area contributed by atoms with Gasteiger partial charge in [-0.2, -0.15) is 0 Å². The number of halogens is 1. The van der Waals surface area contributed by atoms with E-state index in [0.29, 0.717) is 54.3 Å². The number of amides is 1. The van der Waals surface area contributed by atoms with Gasteiger partial charge in [-0.05, 0) is 31.4 Å². The molecule has 1 fully saturated rings. The molecule has 0 aliphatic carbocycles. The molecule has 1 aromatic rings. The van der Waals surface area contributed by atoms with E-state index in [1.807, 2.05) is 6.92 Å². The molecule has 0 spiro atoms. The molecule has 1 aliphatic heterocycles. The predicted molar refractivity (Wildman–Crippen MR) is 94.3 cm³/mol. The number of rotatable bonds is 6. The number of carbonyl (C=O) groups is 1. The third-order valence-electron chi connectivity index (χ3n) is 3.95. The maximum absolute atomic E-state index is 12.7. The van der Waals surface area contributed by atoms with Crippen molar-refractivity contribution in [2.45, 2.75) is 33.3 Å². The van der Waals surface area contributed by atoms with Gasteiger partial charge >= 0.3 is 0 Å². The van der Waals surface area contributed by atoms with Gasteiger partial charge in [0.2, 0.25) is 0 Å². The second-order valence-electron chi connectivity index (χ2n) is 6.45. The fourth-order valence-electron chi connectivity index (χ4n) is 2.57. The largest absolute Gasteiger partial charge is 0.493 e. The SMILES string of the molecule is COc1cc(C(=O)N2CCO[C@@H](C)C2)cc(Cl)c1OCCC(C)C. The van der Waals surface area contributed by atoms with Crippen LogP contribution in [0.3, 0.4) is 0 Å². The molecule has 1 aliphatic rings. The number of nitrogens with zero attached hydrogens (tertiary/aromatic N) is 1. The number of ether oxygens (including phenoxy) is 3. The smallest absolute Gasteiger partial charge is 0.254 e. The Balaban J connectivity index is 2.17. The first-order valence-electron chi connectivity index (χ1n) is 8.33. The maximum atomic E-state index is 12.7. The lowest BCUT2D eigenvalue weighted by atomic mass is 10.1. The molecule has 0 bridgehead atoms. The zero-order valence-electron chi connectivity index (χ0n) is 14.8. The highest BCUT2D eigenvalue weighted by Crippen LogP contribution is 2.37. The molecule has 134 valence electrons. The molecule has 0 radical (unpaired) electrons. The van der Waals surface area contributed by atoms with Gasteiger partial charge in [-0.25, -0.2) is 0 Å². The zero-order chi connectivity index (χ0) is 17.7. The van der Waals surface area contributed by atoms with Crippen LogP contribution in [0, 0.1) is 5.92 Å². The van der Waals surface area contributed by atoms with Crippen LogP contribution in [0.25, 0.3) is 0 Å². The predicted octanol–water partition coefficient (Wildman–Crippen LogP) is 3.63. The summed E-state index contributed by atoms with van der Waals surface area (Å²) in [6.45, 7) is 8.48. The minimum Gasteiger partial charge on any atom is -0.493 e. The van der Waals surface area contributed by atoms with E-state index in [1.165, 1.54) is 0 Å². The highest BCUT2D eigenvalue weighted by molar-refractivity contribution is 6.32. The lowest BCUT2D eigenvalue weighted by Crippen LogP contribution is -2.44. The number of methoxy groups -OCH3 is 1. The zero-order valence-corrected chi connectivity index (χ0v) is 15.6. The van der Waals surface area contributed by atoms with Crippen LogP contribution in [-0.4, -0.2) is 50.3 Å². The van der Waals surface area contributed by atoms with E-state index in [9.17, 15) is 4.79 Å². The van der Waals surface area contributed by atoms with E-state index >= 15 is 0 Å². The average molecular weight is 356 g/mol. The summed E-state index contributed by atoms with van der Waals surface area (Å²) in [5.41, 5.74) is 0.502. The van der Waals surface area contributed by atoms with Crippen LogP contribution < -0.4 is 9.47 Å². The second kappa shape index (κ2) is 8.58. The van der Waals surface area contributed by atoms with Crippen molar-refractivity contribution in [3.63, 3.8) is 0 Å². The Morgan fingerprint density at radius 3 is 2.83 bits per heavy atom. The first kappa shape index (κ1) is 18.9. The highest BCUT2D eigenvalue weighted by Gasteiger charge is 2.24. The Morgan fingerprint density at radius 1 is 1.46 bits per heavy atom. The summed E-state index contributed by atoms with van der Waals surface area (Å²) < 4.78 is 16.6. The van der Waals surface area contributed by atoms with Gasteiger partial charge in [0.25, 0.3) is 5.91 Å². The number of hydrogen-bond donors (Lipinski definition) is 0. The van der Waals surface area contributed by atoms with Crippen molar-refractivity contribution < 1.29 is 19.0 Å². The van der Waals surface area contributed by atoms with Crippen molar-refractivity contribution in [2.75, 3.05) is 33.4 Å². The van der Waals surface area contributed by atoms with Gasteiger partial charge in [0.15, 0.2) is 11.5 Å². The molecule has 1 amide bonds. The fraction of sp³-hybridized carbons (Fsp3) is 0.611. The Hall–Kier alpha value is -1.46. The summed E-state index contributed by atoms with van der Waals surface area (Å²) in [5, 5.41) is 0.391. The highest BCUT2D eigenvalue weighted by atomic mass is 35.5. The Kier molecular flexibility index (Phi) is 6.75. The quantitative estimate of drug-likeness (QED) is 0.781. The molecular weight excluding hydrogens is 330 g/mol. The molecule has 2 rings (SSSR count). The van der Waals surface area contributed by atoms with Gasteiger partial charge in [-0.3, -0.25) is 4.79 Å². The minimum absolute atomic E-state index is 0.0405. The molecule has 1 aromatic carbocycles. The maximum Gasteiger partial charge on any atom is 0.254 e. The molecule has 24 heavy (non-hydrogen) atoms. The Morgan fingerprint density at radius 2 is 2.21 bits per heavy atom. The van der Waals surface area contributed by atoms with Crippen LogP contribution in [0.15, 0.2) is 12.1 Å². The summed E-state index contributed by atoms with van der Waals surface area (Å²) in [7, 11) is 1.55. The van der Waals surface area contributed by atoms with Crippen LogP contribution in [0.4, 0.5) is 0 Å². The molecule has 0 aromatic heterocycles. The average Bonchev–Trinajstić information content (AvgIpc) is 2.55. The topological polar surface area (TPSA) is 48.0 Å². The molecule has 1 heterocycles. The van der Waals surface area contributed by atoms with E-state index < -0.39 is 0 Å². The number of benzene rings is 1. The third kappa shape index (κ3) is 4.77. The van der Waals surface area contributed by atoms with E-state index in [1.54, 1.807) is 24.1 Å². The van der Waals surface area contributed by atoms with Crippen LogP contribution in [0.5, 0.6) is 11.5 Å². The van der Waals surface area contributed by atoms with Gasteiger partial charge < -0.3 is 19.1 Å². The van der Waals surface area contributed by atoms with Gasteiger partial charge in [0.05, 0.1) is 31.5 Å². The van der Waals surface area contributed by atoms with E-state index in [-0.39, 0.29) is 12.0 Å². The Bertz CT molecular complexity index is 576. The molecular formula is C18H26ClNO4. The fourth-order valence-corrected chi connectivity index (χ4v) is 2.83. The van der Waals surface area contributed by atoms with Crippen molar-refractivity contribution in [1.82, 2.24) is 4.90 Å². The molecule has 0 saturated carbocycles. The summed E-state index contributed by atoms with van der Waals surface area (Å²) >= 11 is 6.34. The molecule has 1 atom stereocenters. The molecule has 6 heteroatoms. The minimum atomic E-state index is -0.0703. The van der Waals surface area contributed by atoms with Crippen molar-refractivity contribution in [3.8, 4) is 11.5 Å². The van der Waals surface area contributed by atoms with Crippen molar-refractivity contribution in [3.05, 3.63) is 22.7 Å². The van der Waals surface area contributed by atoms with E-state index in [0.717, 1.165) is 6.42 Å². The second-order valence-corrected chi connectivity index (χ2v) is 6.86. The first-order chi connectivity index (χ1) is 11.4. The molecule has 1 saturated heterocycles. The van der Waals surface area contributed by atoms with E-state index in [4.69, 9.17) is 25.8 Å². The lowest BCUT2D eigenvalue weighted by Gasteiger charge is -2.31. The summed E-state index contributed by atoms with van der Waals surface area (Å²) in [6, 6.07) is 3.34. The number of morpholine rings is 1. The normalized spacial score (nSPS) is 17.9. The van der Waals surface area contributed by atoms with Crippen LogP contribution in [-0.2, 0) is 4.74 Å². The number of carbonyl (C=O) groups excluding carboxylic acids is 1. The Labute approximate surface area is 148 Å². The molecule has 5 nitrogen and oxygen atoms in total. The third-order valence-corrected chi connectivity index (χ3v) is 4.23. The first-order valence-corrected chi connectivity index (χ1v) is 8.71. The van der Waals surface area contributed by atoms with Gasteiger partial charge in [0.1, 0.15) is 0 Å². The standard InChI is InChI=1S/C18H26ClNO4/c1-12(2)5-7-24-17-15(19)9-14(10-16(17)22-4)18(21)20-6-8-23-13(3)11-20/h9-10,12-13H,5-8,11H2,1-4H3/t13-/m0/s1. The summed E-state index contributed by atoms with van der Waals surface area (Å²) in [6.07, 6.45) is 0.963. The van der Waals surface area contributed by atoms with Gasteiger partial charge in [0, 0.05) is 18.7 Å². The van der Waals surface area contributed by atoms with Crippen LogP contribution in [0.2, 0.25) is 5.02 Å². The van der Waals surface area contributed by atoms with Crippen LogP contribution >= 0.6 is 11.6 Å². The monoisotopic (exact) mass is 355 g/mol. The van der Waals surface area contributed by atoms with E-state index in [2.05, 4.69) is 13.8 Å². The molecule has 0 unspecified atom stereocenters. The van der Waals surface area contributed by atoms with Gasteiger partial charge in [-0.1, -0.05) is 25.4 Å². The van der Waals surface area contributed by atoms with Crippen molar-refractivity contribution in [2.24, 2.45) is 5.92 Å². The summed E-state index contributed by atoms with van der Waals surface area (Å²) in [4.78, 5) is 14.5. The van der Waals surface area contributed by atoms with Crippen molar-refractivity contribution in [1.29, 1.82) is 0 Å².